The van der Waals surface area contributed by atoms with E-state index in [0.29, 0.717) is 15.3 Å². The summed E-state index contributed by atoms with van der Waals surface area (Å²) < 4.78 is 0.696. The molecule has 0 unspecified atom stereocenters. The number of carbonyl (C=O) groups excluding carboxylic acids is 1. The third-order valence-electron chi connectivity index (χ3n) is 2.17. The minimum atomic E-state index is -0.435. The van der Waals surface area contributed by atoms with Crippen molar-refractivity contribution in [1.82, 2.24) is 4.98 Å². The third kappa shape index (κ3) is 3.00. The number of halogens is 2. The first-order valence-electron chi connectivity index (χ1n) is 4.97. The van der Waals surface area contributed by atoms with Gasteiger partial charge in [-0.1, -0.05) is 27.5 Å². The monoisotopic (exact) mass is 326 g/mol. The minimum absolute atomic E-state index is 0.101. The average Bonchev–Trinajstić information content (AvgIpc) is 2.32. The third-order valence-corrected chi connectivity index (χ3v) is 2.89. The molecule has 0 spiro atoms. The van der Waals surface area contributed by atoms with Crippen LogP contribution in [0.4, 0.5) is 5.82 Å². The van der Waals surface area contributed by atoms with Gasteiger partial charge in [-0.15, -0.1) is 0 Å². The average molecular weight is 328 g/mol. The number of nitrogens with zero attached hydrogens (tertiary/aromatic N) is 1. The van der Waals surface area contributed by atoms with Crippen molar-refractivity contribution < 1.29 is 9.90 Å². The summed E-state index contributed by atoms with van der Waals surface area (Å²) in [5.41, 5.74) is 0.176. The molecule has 0 aliphatic heterocycles. The molecule has 0 atom stereocenters. The summed E-state index contributed by atoms with van der Waals surface area (Å²) in [6.07, 6.45) is 1.43. The Morgan fingerprint density at radius 1 is 1.33 bits per heavy atom. The smallest absolute Gasteiger partial charge is 0.260 e. The summed E-state index contributed by atoms with van der Waals surface area (Å²) in [5, 5.41) is 12.7. The van der Waals surface area contributed by atoms with Gasteiger partial charge in [-0.25, -0.2) is 4.98 Å². The van der Waals surface area contributed by atoms with Crippen LogP contribution in [0.3, 0.4) is 0 Å². The van der Waals surface area contributed by atoms with Crippen LogP contribution >= 0.6 is 27.5 Å². The summed E-state index contributed by atoms with van der Waals surface area (Å²) in [6.45, 7) is 0. The van der Waals surface area contributed by atoms with Gasteiger partial charge in [-0.2, -0.15) is 0 Å². The van der Waals surface area contributed by atoms with Crippen molar-refractivity contribution in [3.8, 4) is 5.75 Å². The molecule has 1 aromatic heterocycles. The standard InChI is InChI=1S/C12H8BrClN2O2/c13-7-1-3-9(10(17)5-7)12(18)16-11-4-2-8(14)6-15-11/h1-6,17H,(H,15,16,18). The second kappa shape index (κ2) is 5.37. The minimum Gasteiger partial charge on any atom is -0.507 e. The van der Waals surface area contributed by atoms with E-state index < -0.39 is 5.91 Å². The van der Waals surface area contributed by atoms with Crippen molar-refractivity contribution in [2.24, 2.45) is 0 Å². The molecule has 1 amide bonds. The van der Waals surface area contributed by atoms with E-state index in [2.05, 4.69) is 26.2 Å². The molecule has 92 valence electrons. The van der Waals surface area contributed by atoms with E-state index >= 15 is 0 Å². The molecule has 2 aromatic rings. The fraction of sp³-hybridized carbons (Fsp3) is 0. The predicted octanol–water partition coefficient (Wildman–Crippen LogP) is 3.46. The Labute approximate surface area is 117 Å². The molecule has 2 rings (SSSR count). The summed E-state index contributed by atoms with van der Waals surface area (Å²) in [5.74, 6) is -0.169. The van der Waals surface area contributed by atoms with E-state index in [0.717, 1.165) is 0 Å². The maximum atomic E-state index is 11.9. The van der Waals surface area contributed by atoms with E-state index in [4.69, 9.17) is 11.6 Å². The Bertz CT molecular complexity index is 587. The van der Waals surface area contributed by atoms with Gasteiger partial charge in [0.25, 0.3) is 5.91 Å². The molecular weight excluding hydrogens is 320 g/mol. The topological polar surface area (TPSA) is 62.2 Å². The molecule has 6 heteroatoms. The van der Waals surface area contributed by atoms with Crippen molar-refractivity contribution in [1.29, 1.82) is 0 Å². The first-order chi connectivity index (χ1) is 8.56. The fourth-order valence-corrected chi connectivity index (χ4v) is 1.79. The summed E-state index contributed by atoms with van der Waals surface area (Å²) in [6, 6.07) is 7.83. The van der Waals surface area contributed by atoms with E-state index in [9.17, 15) is 9.90 Å². The number of nitrogens with one attached hydrogen (secondary N) is 1. The lowest BCUT2D eigenvalue weighted by Crippen LogP contribution is -2.12. The first kappa shape index (κ1) is 12.9. The van der Waals surface area contributed by atoms with Crippen LogP contribution in [0.15, 0.2) is 41.0 Å². The zero-order valence-electron chi connectivity index (χ0n) is 9.02. The van der Waals surface area contributed by atoms with E-state index in [-0.39, 0.29) is 11.3 Å². The Balaban J connectivity index is 2.19. The van der Waals surface area contributed by atoms with E-state index in [1.54, 1.807) is 18.2 Å². The van der Waals surface area contributed by atoms with Gasteiger partial charge in [-0.05, 0) is 30.3 Å². The number of aromatic nitrogens is 1. The Hall–Kier alpha value is -1.59. The Morgan fingerprint density at radius 3 is 2.72 bits per heavy atom. The molecule has 0 radical (unpaired) electrons. The van der Waals surface area contributed by atoms with Crippen LogP contribution < -0.4 is 5.32 Å². The van der Waals surface area contributed by atoms with Crippen LogP contribution in [-0.4, -0.2) is 16.0 Å². The van der Waals surface area contributed by atoms with Gasteiger partial charge in [0.05, 0.1) is 10.6 Å². The molecule has 0 saturated carbocycles. The van der Waals surface area contributed by atoms with Crippen molar-refractivity contribution in [2.45, 2.75) is 0 Å². The van der Waals surface area contributed by atoms with Gasteiger partial charge in [-0.3, -0.25) is 4.79 Å². The van der Waals surface area contributed by atoms with Crippen molar-refractivity contribution >= 4 is 39.3 Å². The number of benzene rings is 1. The number of amides is 1. The van der Waals surface area contributed by atoms with Gasteiger partial charge in [0.1, 0.15) is 11.6 Å². The van der Waals surface area contributed by atoms with Crippen molar-refractivity contribution in [2.75, 3.05) is 5.32 Å². The maximum Gasteiger partial charge on any atom is 0.260 e. The molecule has 1 aromatic carbocycles. The predicted molar refractivity (Wildman–Crippen MR) is 73.0 cm³/mol. The Morgan fingerprint density at radius 2 is 2.11 bits per heavy atom. The molecule has 4 nitrogen and oxygen atoms in total. The first-order valence-corrected chi connectivity index (χ1v) is 6.15. The molecular formula is C12H8BrClN2O2. The highest BCUT2D eigenvalue weighted by atomic mass is 79.9. The van der Waals surface area contributed by atoms with Gasteiger partial charge < -0.3 is 10.4 Å². The van der Waals surface area contributed by atoms with Gasteiger partial charge in [0.15, 0.2) is 0 Å². The van der Waals surface area contributed by atoms with Crippen LogP contribution in [0.2, 0.25) is 5.02 Å². The number of pyridine rings is 1. The fourth-order valence-electron chi connectivity index (χ4n) is 1.33. The van der Waals surface area contributed by atoms with Crippen LogP contribution in [-0.2, 0) is 0 Å². The number of anilines is 1. The highest BCUT2D eigenvalue weighted by molar-refractivity contribution is 9.10. The summed E-state index contributed by atoms with van der Waals surface area (Å²) in [7, 11) is 0. The van der Waals surface area contributed by atoms with E-state index in [1.807, 2.05) is 0 Å². The van der Waals surface area contributed by atoms with Crippen LogP contribution in [0.5, 0.6) is 5.75 Å². The van der Waals surface area contributed by atoms with Crippen LogP contribution in [0, 0.1) is 0 Å². The highest BCUT2D eigenvalue weighted by Crippen LogP contribution is 2.23. The lowest BCUT2D eigenvalue weighted by atomic mass is 10.2. The second-order valence-electron chi connectivity index (χ2n) is 3.48. The number of phenolic OH excluding ortho intramolecular Hbond substituents is 1. The number of hydrogen-bond acceptors (Lipinski definition) is 3. The lowest BCUT2D eigenvalue weighted by molar-refractivity contribution is 0.102. The SMILES string of the molecule is O=C(Nc1ccc(Cl)cn1)c1ccc(Br)cc1O. The molecule has 0 fully saturated rings. The van der Waals surface area contributed by atoms with Crippen molar-refractivity contribution in [3.05, 3.63) is 51.6 Å². The van der Waals surface area contributed by atoms with Gasteiger partial charge >= 0.3 is 0 Å². The zero-order chi connectivity index (χ0) is 13.1. The number of hydrogen-bond donors (Lipinski definition) is 2. The van der Waals surface area contributed by atoms with Gasteiger partial charge in [0, 0.05) is 10.7 Å². The molecule has 18 heavy (non-hydrogen) atoms. The van der Waals surface area contributed by atoms with Crippen molar-refractivity contribution in [3.63, 3.8) is 0 Å². The highest BCUT2D eigenvalue weighted by Gasteiger charge is 2.11. The summed E-state index contributed by atoms with van der Waals surface area (Å²) >= 11 is 8.89. The molecule has 0 aliphatic carbocycles. The molecule has 1 heterocycles. The molecule has 2 N–H and O–H groups in total. The molecule has 0 saturated heterocycles. The second-order valence-corrected chi connectivity index (χ2v) is 4.83. The van der Waals surface area contributed by atoms with Gasteiger partial charge in [0.2, 0.25) is 0 Å². The largest absolute Gasteiger partial charge is 0.507 e. The summed E-state index contributed by atoms with van der Waals surface area (Å²) in [4.78, 5) is 15.8. The number of phenols is 1. The Kier molecular flexibility index (Phi) is 3.84. The number of rotatable bonds is 2. The zero-order valence-corrected chi connectivity index (χ0v) is 11.4. The lowest BCUT2D eigenvalue weighted by Gasteiger charge is -2.06. The normalized spacial score (nSPS) is 10.1. The molecule has 0 bridgehead atoms. The molecule has 0 aliphatic rings. The number of carbonyl (C=O) groups is 1. The van der Waals surface area contributed by atoms with Crippen LogP contribution in [0.1, 0.15) is 10.4 Å². The number of aromatic hydroxyl groups is 1. The maximum absolute atomic E-state index is 11.9. The quantitative estimate of drug-likeness (QED) is 0.888. The van der Waals surface area contributed by atoms with Crippen LogP contribution in [0.25, 0.3) is 0 Å². The van der Waals surface area contributed by atoms with E-state index in [1.165, 1.54) is 18.3 Å².